The molecule has 2 heterocycles. The van der Waals surface area contributed by atoms with Gasteiger partial charge in [0.1, 0.15) is 18.4 Å². The molecule has 0 aromatic carbocycles. The summed E-state index contributed by atoms with van der Waals surface area (Å²) in [4.78, 5) is 24.2. The first-order valence-corrected chi connectivity index (χ1v) is 11.2. The monoisotopic (exact) mass is 476 g/mol. The summed E-state index contributed by atoms with van der Waals surface area (Å²) in [5.74, 6) is -0.509. The van der Waals surface area contributed by atoms with Gasteiger partial charge >= 0.3 is 13.7 Å². The van der Waals surface area contributed by atoms with Gasteiger partial charge in [0.2, 0.25) is 11.8 Å². The van der Waals surface area contributed by atoms with Crippen LogP contribution in [0.2, 0.25) is 0 Å². The molecular formula is C17H26ClN6O6P. The topological polar surface area (TPSA) is 153 Å². The van der Waals surface area contributed by atoms with Gasteiger partial charge in [-0.1, -0.05) is 17.7 Å². The minimum atomic E-state index is -4.10. The van der Waals surface area contributed by atoms with Crippen molar-refractivity contribution in [2.24, 2.45) is 0 Å². The van der Waals surface area contributed by atoms with Crippen LogP contribution in [0.15, 0.2) is 17.4 Å². The first-order valence-electron chi connectivity index (χ1n) is 9.23. The van der Waals surface area contributed by atoms with Crippen LogP contribution < -0.4 is 15.6 Å². The summed E-state index contributed by atoms with van der Waals surface area (Å²) in [6.07, 6.45) is 1.31. The second kappa shape index (κ2) is 10.4. The molecule has 4 atom stereocenters. The lowest BCUT2D eigenvalue weighted by Gasteiger charge is -2.27. The number of aromatic nitrogens is 4. The largest absolute Gasteiger partial charge is 0.479 e. The van der Waals surface area contributed by atoms with E-state index in [4.69, 9.17) is 31.1 Å². The number of nitrogens with two attached hydrogens (primary N) is 1. The fourth-order valence-corrected chi connectivity index (χ4v) is 4.50. The van der Waals surface area contributed by atoms with E-state index in [0.29, 0.717) is 16.2 Å². The van der Waals surface area contributed by atoms with Crippen molar-refractivity contribution in [2.75, 3.05) is 20.0 Å². The van der Waals surface area contributed by atoms with Gasteiger partial charge in [0, 0.05) is 5.03 Å². The number of fused-ring (bicyclic) bond motifs is 1. The average Bonchev–Trinajstić information content (AvgIpc) is 3.15. The van der Waals surface area contributed by atoms with Crippen molar-refractivity contribution in [3.63, 3.8) is 0 Å². The lowest BCUT2D eigenvalue weighted by Crippen LogP contribution is -2.35. The molecule has 0 aliphatic rings. The van der Waals surface area contributed by atoms with E-state index in [2.05, 4.69) is 24.8 Å². The third kappa shape index (κ3) is 5.92. The fourth-order valence-electron chi connectivity index (χ4n) is 2.61. The minimum absolute atomic E-state index is 0.0383. The van der Waals surface area contributed by atoms with E-state index >= 15 is 0 Å². The average molecular weight is 477 g/mol. The number of nitrogens with one attached hydrogen (secondary N) is 1. The number of esters is 1. The minimum Gasteiger partial charge on any atom is -0.479 e. The predicted molar refractivity (Wildman–Crippen MR) is 114 cm³/mol. The number of carbonyl (C=O) groups is 1. The molecule has 3 N–H and O–H groups in total. The van der Waals surface area contributed by atoms with Gasteiger partial charge in [0.15, 0.2) is 11.2 Å². The molecule has 0 radical (unpaired) electrons. The van der Waals surface area contributed by atoms with Gasteiger partial charge in [-0.25, -0.2) is 14.6 Å². The van der Waals surface area contributed by atoms with Crippen molar-refractivity contribution in [1.29, 1.82) is 0 Å². The number of halogens is 1. The number of methoxy groups -OCH3 is 2. The molecule has 0 aliphatic carbocycles. The molecule has 2 aromatic rings. The SMILES string of the molecule is C/C=C(/Cl)[C@H](C)OP(=O)(N[C@@H](C)C(=O)OC)OC(C)n1cnc2c(OC)nc(N)nc21. The Hall–Kier alpha value is -2.24. The summed E-state index contributed by atoms with van der Waals surface area (Å²) in [6, 6.07) is -0.989. The van der Waals surface area contributed by atoms with Crippen LogP contribution in [0, 0.1) is 0 Å². The second-order valence-corrected chi connectivity index (χ2v) is 8.52. The zero-order chi connectivity index (χ0) is 23.3. The molecule has 0 amide bonds. The van der Waals surface area contributed by atoms with E-state index in [1.54, 1.807) is 26.8 Å². The Balaban J connectivity index is 2.39. The van der Waals surface area contributed by atoms with Crippen molar-refractivity contribution in [3.05, 3.63) is 17.4 Å². The first kappa shape index (κ1) is 25.0. The molecule has 14 heteroatoms. The molecule has 0 spiro atoms. The van der Waals surface area contributed by atoms with E-state index in [1.165, 1.54) is 32.0 Å². The number of allylic oxidation sites excluding steroid dienone is 1. The van der Waals surface area contributed by atoms with Gasteiger partial charge in [-0.05, 0) is 27.7 Å². The maximum absolute atomic E-state index is 13.5. The van der Waals surface area contributed by atoms with Crippen molar-refractivity contribution in [2.45, 2.75) is 46.1 Å². The number of carbonyl (C=O) groups excluding carboxylic acids is 1. The summed E-state index contributed by atoms with van der Waals surface area (Å²) in [6.45, 7) is 6.35. The predicted octanol–water partition coefficient (Wildman–Crippen LogP) is 2.76. The highest BCUT2D eigenvalue weighted by Gasteiger charge is 2.35. The Bertz CT molecular complexity index is 1010. The van der Waals surface area contributed by atoms with Crippen LogP contribution in [0.3, 0.4) is 0 Å². The summed E-state index contributed by atoms with van der Waals surface area (Å²) < 4.78 is 36.2. The van der Waals surface area contributed by atoms with Crippen LogP contribution in [0.1, 0.15) is 33.9 Å². The standard InChI is InChI=1S/C17H26ClN6O6P/c1-7-12(18)10(3)29-31(26,23-9(2)16(25)28-6)30-11(4)24-8-20-13-14(24)21-17(19)22-15(13)27-5/h7-11H,1-6H3,(H,23,26)(H2,19,21,22)/b12-7+/t9-,10-,11?,31?/m0/s1. The smallest absolute Gasteiger partial charge is 0.408 e. The molecule has 2 rings (SSSR count). The number of hydrogen-bond acceptors (Lipinski definition) is 10. The van der Waals surface area contributed by atoms with E-state index in [1.807, 2.05) is 0 Å². The number of rotatable bonds is 10. The molecule has 0 aliphatic heterocycles. The number of imidazole rings is 1. The molecule has 12 nitrogen and oxygen atoms in total. The lowest BCUT2D eigenvalue weighted by molar-refractivity contribution is -0.142. The van der Waals surface area contributed by atoms with Crippen molar-refractivity contribution in [1.82, 2.24) is 24.6 Å². The third-order valence-electron chi connectivity index (χ3n) is 4.15. The van der Waals surface area contributed by atoms with Crippen LogP contribution >= 0.6 is 19.3 Å². The van der Waals surface area contributed by atoms with Crippen molar-refractivity contribution >= 4 is 42.4 Å². The molecular weight excluding hydrogens is 451 g/mol. The Labute approximate surface area is 184 Å². The van der Waals surface area contributed by atoms with Gasteiger partial charge in [-0.3, -0.25) is 18.4 Å². The number of ether oxygens (including phenoxy) is 2. The fraction of sp³-hybridized carbons (Fsp3) is 0.529. The molecule has 2 unspecified atom stereocenters. The summed E-state index contributed by atoms with van der Waals surface area (Å²) in [5.41, 5.74) is 6.37. The second-order valence-electron chi connectivity index (χ2n) is 6.41. The van der Waals surface area contributed by atoms with Gasteiger partial charge in [-0.15, -0.1) is 0 Å². The number of hydrogen-bond donors (Lipinski definition) is 2. The van der Waals surface area contributed by atoms with E-state index in [9.17, 15) is 9.36 Å². The quantitative estimate of drug-likeness (QED) is 0.384. The summed E-state index contributed by atoms with van der Waals surface area (Å²) in [5, 5.41) is 2.87. The molecule has 0 saturated heterocycles. The number of nitrogens with zero attached hydrogens (tertiary/aromatic N) is 4. The summed E-state index contributed by atoms with van der Waals surface area (Å²) in [7, 11) is -1.47. The highest BCUT2D eigenvalue weighted by Crippen LogP contribution is 2.50. The molecule has 0 fully saturated rings. The van der Waals surface area contributed by atoms with Gasteiger partial charge in [-0.2, -0.15) is 9.97 Å². The Morgan fingerprint density at radius 2 is 1.97 bits per heavy atom. The van der Waals surface area contributed by atoms with Crippen LogP contribution in [0.4, 0.5) is 5.95 Å². The van der Waals surface area contributed by atoms with Crippen LogP contribution in [-0.4, -0.2) is 51.9 Å². The number of nitrogen functional groups attached to an aromatic ring is 1. The number of anilines is 1. The maximum Gasteiger partial charge on any atom is 0.408 e. The zero-order valence-corrected chi connectivity index (χ0v) is 19.7. The van der Waals surface area contributed by atoms with Gasteiger partial charge in [0.05, 0.1) is 20.5 Å². The molecule has 2 aromatic heterocycles. The Kier molecular flexibility index (Phi) is 8.38. The highest BCUT2D eigenvalue weighted by atomic mass is 35.5. The first-order chi connectivity index (χ1) is 14.5. The van der Waals surface area contributed by atoms with E-state index < -0.39 is 32.1 Å². The highest BCUT2D eigenvalue weighted by molar-refractivity contribution is 7.51. The third-order valence-corrected chi connectivity index (χ3v) is 6.56. The normalized spacial score (nSPS) is 17.1. The Morgan fingerprint density at radius 3 is 2.55 bits per heavy atom. The van der Waals surface area contributed by atoms with Crippen LogP contribution in [-0.2, 0) is 23.1 Å². The molecule has 31 heavy (non-hydrogen) atoms. The maximum atomic E-state index is 13.5. The van der Waals surface area contributed by atoms with Crippen molar-refractivity contribution < 1.29 is 27.9 Å². The van der Waals surface area contributed by atoms with E-state index in [-0.39, 0.29) is 11.8 Å². The zero-order valence-electron chi connectivity index (χ0n) is 18.0. The van der Waals surface area contributed by atoms with Crippen molar-refractivity contribution in [3.8, 4) is 5.88 Å². The van der Waals surface area contributed by atoms with Gasteiger partial charge in [0.25, 0.3) is 0 Å². The van der Waals surface area contributed by atoms with Gasteiger partial charge < -0.3 is 15.2 Å². The molecule has 172 valence electrons. The van der Waals surface area contributed by atoms with Crippen LogP contribution in [0.25, 0.3) is 11.2 Å². The molecule has 0 bridgehead atoms. The Morgan fingerprint density at radius 1 is 1.29 bits per heavy atom. The molecule has 0 saturated carbocycles. The lowest BCUT2D eigenvalue weighted by atomic mass is 10.4. The van der Waals surface area contributed by atoms with E-state index in [0.717, 1.165) is 0 Å². The summed E-state index contributed by atoms with van der Waals surface area (Å²) >= 11 is 6.09. The van der Waals surface area contributed by atoms with Crippen LogP contribution in [0.5, 0.6) is 5.88 Å².